The van der Waals surface area contributed by atoms with Gasteiger partial charge in [0.25, 0.3) is 0 Å². The van der Waals surface area contributed by atoms with Crippen LogP contribution in [0.4, 0.5) is 0 Å². The molecule has 4 heteroatoms. The van der Waals surface area contributed by atoms with E-state index in [0.717, 1.165) is 22.4 Å². The molecular weight excluding hydrogens is 326 g/mol. The molecule has 0 bridgehead atoms. The fourth-order valence-corrected chi connectivity index (χ4v) is 2.91. The third kappa shape index (κ3) is 3.01. The summed E-state index contributed by atoms with van der Waals surface area (Å²) in [4.78, 5) is 4.69. The van der Waals surface area contributed by atoms with Crippen molar-refractivity contribution in [3.8, 4) is 0 Å². The Labute approximate surface area is 133 Å². The van der Waals surface area contributed by atoms with Gasteiger partial charge in [-0.1, -0.05) is 40.2 Å². The smallest absolute Gasteiger partial charge is 0.123 e. The largest absolute Gasteiger partial charge is 0.330 e. The highest BCUT2D eigenvalue weighted by molar-refractivity contribution is 9.10. The van der Waals surface area contributed by atoms with Gasteiger partial charge in [0.05, 0.1) is 17.6 Å². The summed E-state index contributed by atoms with van der Waals surface area (Å²) < 4.78 is 3.26. The first-order valence-corrected chi connectivity index (χ1v) is 7.83. The van der Waals surface area contributed by atoms with Crippen molar-refractivity contribution in [1.29, 1.82) is 0 Å². The van der Waals surface area contributed by atoms with E-state index in [1.165, 1.54) is 11.1 Å². The molecule has 0 amide bonds. The lowest BCUT2D eigenvalue weighted by Gasteiger charge is -2.14. The number of hydrogen-bond donors (Lipinski definition) is 1. The molecule has 1 unspecified atom stereocenters. The number of aromatic nitrogens is 2. The predicted octanol–water partition coefficient (Wildman–Crippen LogP) is 4.19. The van der Waals surface area contributed by atoms with E-state index in [-0.39, 0.29) is 6.04 Å². The summed E-state index contributed by atoms with van der Waals surface area (Å²) in [5, 5.41) is 3.54. The number of rotatable bonds is 4. The standard InChI is InChI=1S/C17H18BrN3/c1-12(13-6-5-7-14(18)10-13)19-11-17-20-15-8-3-4-9-16(15)21(17)2/h3-10,12,19H,11H2,1-2H3. The summed E-state index contributed by atoms with van der Waals surface area (Å²) in [6, 6.07) is 16.9. The summed E-state index contributed by atoms with van der Waals surface area (Å²) in [6.07, 6.45) is 0. The number of nitrogens with zero attached hydrogens (tertiary/aromatic N) is 2. The van der Waals surface area contributed by atoms with Crippen LogP contribution in [0.25, 0.3) is 11.0 Å². The van der Waals surface area contributed by atoms with E-state index in [1.807, 2.05) is 18.2 Å². The van der Waals surface area contributed by atoms with Crippen molar-refractivity contribution < 1.29 is 0 Å². The number of nitrogens with one attached hydrogen (secondary N) is 1. The van der Waals surface area contributed by atoms with Crippen LogP contribution in [0.3, 0.4) is 0 Å². The Bertz CT molecular complexity index is 764. The van der Waals surface area contributed by atoms with Crippen molar-refractivity contribution in [3.63, 3.8) is 0 Å². The Kier molecular flexibility index (Phi) is 4.08. The zero-order valence-electron chi connectivity index (χ0n) is 12.2. The highest BCUT2D eigenvalue weighted by Gasteiger charge is 2.09. The molecule has 3 aromatic rings. The number of imidazole rings is 1. The van der Waals surface area contributed by atoms with E-state index in [1.54, 1.807) is 0 Å². The van der Waals surface area contributed by atoms with Gasteiger partial charge in [0.1, 0.15) is 5.82 Å². The van der Waals surface area contributed by atoms with Gasteiger partial charge in [0, 0.05) is 17.6 Å². The first-order chi connectivity index (χ1) is 10.1. The molecule has 0 aliphatic carbocycles. The van der Waals surface area contributed by atoms with Crippen LogP contribution < -0.4 is 5.32 Å². The molecular formula is C17H18BrN3. The number of para-hydroxylation sites is 2. The summed E-state index contributed by atoms with van der Waals surface area (Å²) in [5.41, 5.74) is 3.49. The van der Waals surface area contributed by atoms with Gasteiger partial charge in [0.2, 0.25) is 0 Å². The van der Waals surface area contributed by atoms with E-state index < -0.39 is 0 Å². The molecule has 2 aromatic carbocycles. The molecule has 0 radical (unpaired) electrons. The van der Waals surface area contributed by atoms with Crippen LogP contribution in [-0.4, -0.2) is 9.55 Å². The van der Waals surface area contributed by atoms with E-state index in [2.05, 4.69) is 75.1 Å². The molecule has 0 saturated heterocycles. The molecule has 0 saturated carbocycles. The Morgan fingerprint density at radius 2 is 2.00 bits per heavy atom. The minimum Gasteiger partial charge on any atom is -0.330 e. The van der Waals surface area contributed by atoms with Gasteiger partial charge in [-0.05, 0) is 36.8 Å². The topological polar surface area (TPSA) is 29.9 Å². The zero-order chi connectivity index (χ0) is 14.8. The fraction of sp³-hybridized carbons (Fsp3) is 0.235. The second-order valence-electron chi connectivity index (χ2n) is 5.23. The van der Waals surface area contributed by atoms with Gasteiger partial charge in [-0.3, -0.25) is 0 Å². The van der Waals surface area contributed by atoms with E-state index in [0.29, 0.717) is 0 Å². The van der Waals surface area contributed by atoms with Gasteiger partial charge in [-0.25, -0.2) is 4.98 Å². The van der Waals surface area contributed by atoms with Crippen molar-refractivity contribution in [2.75, 3.05) is 0 Å². The monoisotopic (exact) mass is 343 g/mol. The van der Waals surface area contributed by atoms with Crippen LogP contribution in [0.5, 0.6) is 0 Å². The third-order valence-electron chi connectivity index (χ3n) is 3.79. The van der Waals surface area contributed by atoms with Crippen LogP contribution >= 0.6 is 15.9 Å². The van der Waals surface area contributed by atoms with E-state index in [4.69, 9.17) is 0 Å². The number of benzene rings is 2. The summed E-state index contributed by atoms with van der Waals surface area (Å²) >= 11 is 3.52. The van der Waals surface area contributed by atoms with E-state index in [9.17, 15) is 0 Å². The molecule has 0 spiro atoms. The predicted molar refractivity (Wildman–Crippen MR) is 90.1 cm³/mol. The minimum atomic E-state index is 0.280. The first-order valence-electron chi connectivity index (χ1n) is 7.04. The molecule has 3 rings (SSSR count). The Morgan fingerprint density at radius 3 is 2.76 bits per heavy atom. The fourth-order valence-electron chi connectivity index (χ4n) is 2.49. The first kappa shape index (κ1) is 14.3. The van der Waals surface area contributed by atoms with Crippen molar-refractivity contribution in [2.24, 2.45) is 7.05 Å². The normalized spacial score (nSPS) is 12.7. The van der Waals surface area contributed by atoms with Gasteiger partial charge in [-0.2, -0.15) is 0 Å². The van der Waals surface area contributed by atoms with Crippen molar-refractivity contribution >= 4 is 27.0 Å². The maximum Gasteiger partial charge on any atom is 0.123 e. The van der Waals surface area contributed by atoms with Crippen LogP contribution in [-0.2, 0) is 13.6 Å². The van der Waals surface area contributed by atoms with Crippen molar-refractivity contribution in [2.45, 2.75) is 19.5 Å². The number of halogens is 1. The Hall–Kier alpha value is -1.65. The summed E-state index contributed by atoms with van der Waals surface area (Å²) in [7, 11) is 2.07. The molecule has 1 atom stereocenters. The van der Waals surface area contributed by atoms with Gasteiger partial charge >= 0.3 is 0 Å². The van der Waals surface area contributed by atoms with Gasteiger partial charge in [0.15, 0.2) is 0 Å². The van der Waals surface area contributed by atoms with Crippen molar-refractivity contribution in [3.05, 3.63) is 64.4 Å². The van der Waals surface area contributed by atoms with Crippen LogP contribution in [0, 0.1) is 0 Å². The lowest BCUT2D eigenvalue weighted by atomic mass is 10.1. The maximum atomic E-state index is 4.69. The van der Waals surface area contributed by atoms with Crippen LogP contribution in [0.1, 0.15) is 24.4 Å². The number of hydrogen-bond acceptors (Lipinski definition) is 2. The molecule has 1 heterocycles. The highest BCUT2D eigenvalue weighted by atomic mass is 79.9. The van der Waals surface area contributed by atoms with Crippen LogP contribution in [0.15, 0.2) is 53.0 Å². The van der Waals surface area contributed by atoms with Crippen LogP contribution in [0.2, 0.25) is 0 Å². The molecule has 108 valence electrons. The Balaban J connectivity index is 1.75. The van der Waals surface area contributed by atoms with E-state index >= 15 is 0 Å². The molecule has 0 aliphatic heterocycles. The third-order valence-corrected chi connectivity index (χ3v) is 4.29. The molecule has 1 aromatic heterocycles. The minimum absolute atomic E-state index is 0.280. The second-order valence-corrected chi connectivity index (χ2v) is 6.15. The zero-order valence-corrected chi connectivity index (χ0v) is 13.8. The molecule has 3 nitrogen and oxygen atoms in total. The lowest BCUT2D eigenvalue weighted by Crippen LogP contribution is -2.20. The molecule has 21 heavy (non-hydrogen) atoms. The SMILES string of the molecule is CC(NCc1nc2ccccc2n1C)c1cccc(Br)c1. The second kappa shape index (κ2) is 6.00. The van der Waals surface area contributed by atoms with Gasteiger partial charge in [-0.15, -0.1) is 0 Å². The highest BCUT2D eigenvalue weighted by Crippen LogP contribution is 2.19. The quantitative estimate of drug-likeness (QED) is 0.769. The number of fused-ring (bicyclic) bond motifs is 1. The molecule has 0 fully saturated rings. The molecule has 0 aliphatic rings. The van der Waals surface area contributed by atoms with Gasteiger partial charge < -0.3 is 9.88 Å². The Morgan fingerprint density at radius 1 is 1.19 bits per heavy atom. The number of aryl methyl sites for hydroxylation is 1. The maximum absolute atomic E-state index is 4.69. The average Bonchev–Trinajstić information content (AvgIpc) is 2.82. The summed E-state index contributed by atoms with van der Waals surface area (Å²) in [6.45, 7) is 2.92. The average molecular weight is 344 g/mol. The molecule has 1 N–H and O–H groups in total. The lowest BCUT2D eigenvalue weighted by molar-refractivity contribution is 0.551. The van der Waals surface area contributed by atoms with Crippen molar-refractivity contribution in [1.82, 2.24) is 14.9 Å². The summed E-state index contributed by atoms with van der Waals surface area (Å²) in [5.74, 6) is 1.05.